The molecule has 0 saturated heterocycles. The van der Waals surface area contributed by atoms with Crippen molar-refractivity contribution in [2.75, 3.05) is 27.7 Å². The second kappa shape index (κ2) is 12.0. The van der Waals surface area contributed by atoms with Gasteiger partial charge >= 0.3 is 11.9 Å². The number of esters is 1. The Morgan fingerprint density at radius 2 is 1.61 bits per heavy atom. The Morgan fingerprint density at radius 1 is 1.04 bits per heavy atom. The maximum Gasteiger partial charge on any atom is 0.307 e. The summed E-state index contributed by atoms with van der Waals surface area (Å²) in [6, 6.07) is 0. The largest absolute Gasteiger partial charge is 0.481 e. The molecule has 6 nitrogen and oxygen atoms in total. The standard InChI is InChI=1S/C17H31NO5/c1-18(2,3)14-15(13-16(20)21)23-17(22)11-9-7-5-4-6-8-10-12-19/h12,15H,4-11,13-14H2,1-3H3/p+1. The SMILES string of the molecule is C[N+](C)(C)CC(CC(=O)O)OC(=O)CCCCCCCCC=O. The molecule has 0 aromatic heterocycles. The number of hydrogen-bond acceptors (Lipinski definition) is 4. The van der Waals surface area contributed by atoms with Crippen LogP contribution in [0.2, 0.25) is 0 Å². The summed E-state index contributed by atoms with van der Waals surface area (Å²) in [7, 11) is 5.81. The van der Waals surface area contributed by atoms with Crippen LogP contribution in [0, 0.1) is 0 Å². The lowest BCUT2D eigenvalue weighted by Gasteiger charge is -2.28. The van der Waals surface area contributed by atoms with Gasteiger partial charge in [-0.2, -0.15) is 0 Å². The van der Waals surface area contributed by atoms with Crippen molar-refractivity contribution in [2.24, 2.45) is 0 Å². The molecular formula is C17H32NO5+. The number of quaternary nitrogens is 1. The molecule has 0 fully saturated rings. The molecule has 0 aromatic carbocycles. The molecule has 0 rings (SSSR count). The number of carbonyl (C=O) groups is 3. The molecule has 0 saturated carbocycles. The molecule has 0 aliphatic rings. The number of carbonyl (C=O) groups excluding carboxylic acids is 2. The Balaban J connectivity index is 3.90. The van der Waals surface area contributed by atoms with E-state index in [0.717, 1.165) is 44.8 Å². The fraction of sp³-hybridized carbons (Fsp3) is 0.824. The molecule has 134 valence electrons. The summed E-state index contributed by atoms with van der Waals surface area (Å²) >= 11 is 0. The van der Waals surface area contributed by atoms with Crippen molar-refractivity contribution in [3.63, 3.8) is 0 Å². The topological polar surface area (TPSA) is 80.7 Å². The molecule has 0 aliphatic heterocycles. The average Bonchev–Trinajstić information content (AvgIpc) is 2.39. The van der Waals surface area contributed by atoms with Gasteiger partial charge in [0.2, 0.25) is 0 Å². The maximum absolute atomic E-state index is 11.8. The van der Waals surface area contributed by atoms with E-state index >= 15 is 0 Å². The second-order valence-corrected chi connectivity index (χ2v) is 7.01. The number of unbranched alkanes of at least 4 members (excludes halogenated alkanes) is 6. The van der Waals surface area contributed by atoms with Crippen molar-refractivity contribution in [3.8, 4) is 0 Å². The van der Waals surface area contributed by atoms with Crippen LogP contribution in [0.25, 0.3) is 0 Å². The van der Waals surface area contributed by atoms with Crippen LogP contribution in [-0.4, -0.2) is 61.6 Å². The van der Waals surface area contributed by atoms with E-state index in [4.69, 9.17) is 9.84 Å². The highest BCUT2D eigenvalue weighted by molar-refractivity contribution is 5.71. The zero-order valence-corrected chi connectivity index (χ0v) is 14.8. The van der Waals surface area contributed by atoms with Crippen LogP contribution in [0.4, 0.5) is 0 Å². The van der Waals surface area contributed by atoms with Crippen LogP contribution in [-0.2, 0) is 19.1 Å². The van der Waals surface area contributed by atoms with Crippen LogP contribution in [0.5, 0.6) is 0 Å². The number of carboxylic acid groups (broad SMARTS) is 1. The van der Waals surface area contributed by atoms with E-state index in [1.807, 2.05) is 21.1 Å². The molecule has 1 unspecified atom stereocenters. The van der Waals surface area contributed by atoms with Crippen LogP contribution in [0.3, 0.4) is 0 Å². The highest BCUT2D eigenvalue weighted by Gasteiger charge is 2.24. The minimum atomic E-state index is -0.952. The Bertz CT molecular complexity index is 362. The number of hydrogen-bond donors (Lipinski definition) is 1. The van der Waals surface area contributed by atoms with Gasteiger partial charge in [0, 0.05) is 12.8 Å². The summed E-state index contributed by atoms with van der Waals surface area (Å²) in [6.07, 6.45) is 6.99. The fourth-order valence-electron chi connectivity index (χ4n) is 2.40. The van der Waals surface area contributed by atoms with Crippen molar-refractivity contribution in [1.29, 1.82) is 0 Å². The molecule has 0 amide bonds. The lowest BCUT2D eigenvalue weighted by atomic mass is 10.1. The molecule has 0 heterocycles. The van der Waals surface area contributed by atoms with Gasteiger partial charge in [-0.05, 0) is 12.8 Å². The molecule has 1 N–H and O–H groups in total. The normalized spacial score (nSPS) is 12.7. The van der Waals surface area contributed by atoms with Gasteiger partial charge in [-0.15, -0.1) is 0 Å². The van der Waals surface area contributed by atoms with Gasteiger partial charge < -0.3 is 19.1 Å². The predicted molar refractivity (Wildman–Crippen MR) is 88.0 cm³/mol. The number of nitrogens with zero attached hydrogens (tertiary/aromatic N) is 1. The molecule has 6 heteroatoms. The summed E-state index contributed by atoms with van der Waals surface area (Å²) in [5, 5.41) is 8.91. The zero-order valence-electron chi connectivity index (χ0n) is 14.8. The first-order valence-corrected chi connectivity index (χ1v) is 8.40. The summed E-state index contributed by atoms with van der Waals surface area (Å²) < 4.78 is 5.87. The Morgan fingerprint density at radius 3 is 2.13 bits per heavy atom. The Kier molecular flexibility index (Phi) is 11.3. The third kappa shape index (κ3) is 15.2. The quantitative estimate of drug-likeness (QED) is 0.229. The van der Waals surface area contributed by atoms with Crippen molar-refractivity contribution in [2.45, 2.75) is 63.9 Å². The minimum absolute atomic E-state index is 0.155. The van der Waals surface area contributed by atoms with E-state index in [1.165, 1.54) is 0 Å². The van der Waals surface area contributed by atoms with Crippen molar-refractivity contribution >= 4 is 18.2 Å². The van der Waals surface area contributed by atoms with E-state index in [1.54, 1.807) is 0 Å². The van der Waals surface area contributed by atoms with E-state index in [0.29, 0.717) is 23.9 Å². The number of likely N-dealkylation sites (N-methyl/N-ethyl adjacent to an activating group) is 1. The third-order valence-electron chi connectivity index (χ3n) is 3.40. The third-order valence-corrected chi connectivity index (χ3v) is 3.40. The minimum Gasteiger partial charge on any atom is -0.481 e. The number of aldehydes is 1. The van der Waals surface area contributed by atoms with Crippen molar-refractivity contribution in [3.05, 3.63) is 0 Å². The fourth-order valence-corrected chi connectivity index (χ4v) is 2.40. The molecule has 0 aliphatic carbocycles. The zero-order chi connectivity index (χ0) is 17.7. The number of carboxylic acids is 1. The number of ether oxygens (including phenoxy) is 1. The first-order chi connectivity index (χ1) is 10.7. The summed E-state index contributed by atoms with van der Waals surface area (Å²) in [5.41, 5.74) is 0. The Hall–Kier alpha value is -1.43. The summed E-state index contributed by atoms with van der Waals surface area (Å²) in [5.74, 6) is -1.27. The Labute approximate surface area is 139 Å². The molecule has 1 atom stereocenters. The lowest BCUT2D eigenvalue weighted by molar-refractivity contribution is -0.873. The average molecular weight is 330 g/mol. The van der Waals surface area contributed by atoms with E-state index in [-0.39, 0.29) is 12.4 Å². The van der Waals surface area contributed by atoms with E-state index < -0.39 is 12.1 Å². The van der Waals surface area contributed by atoms with Crippen LogP contribution in [0.15, 0.2) is 0 Å². The molecule has 0 bridgehead atoms. The van der Waals surface area contributed by atoms with E-state index in [2.05, 4.69) is 0 Å². The molecule has 0 radical (unpaired) electrons. The van der Waals surface area contributed by atoms with Crippen LogP contribution >= 0.6 is 0 Å². The highest BCUT2D eigenvalue weighted by atomic mass is 16.5. The monoisotopic (exact) mass is 330 g/mol. The number of rotatable bonds is 14. The first kappa shape index (κ1) is 21.6. The van der Waals surface area contributed by atoms with Crippen molar-refractivity contribution in [1.82, 2.24) is 0 Å². The number of aliphatic carboxylic acids is 1. The summed E-state index contributed by atoms with van der Waals surface area (Å²) in [6.45, 7) is 0.481. The molecular weight excluding hydrogens is 298 g/mol. The highest BCUT2D eigenvalue weighted by Crippen LogP contribution is 2.11. The van der Waals surface area contributed by atoms with Gasteiger partial charge in [-0.1, -0.05) is 25.7 Å². The molecule has 23 heavy (non-hydrogen) atoms. The summed E-state index contributed by atoms with van der Waals surface area (Å²) in [4.78, 5) is 32.9. The maximum atomic E-state index is 11.8. The lowest BCUT2D eigenvalue weighted by Crippen LogP contribution is -2.43. The smallest absolute Gasteiger partial charge is 0.307 e. The molecule has 0 spiro atoms. The second-order valence-electron chi connectivity index (χ2n) is 7.01. The van der Waals surface area contributed by atoms with Crippen LogP contribution < -0.4 is 0 Å². The van der Waals surface area contributed by atoms with Crippen LogP contribution in [0.1, 0.15) is 57.8 Å². The van der Waals surface area contributed by atoms with Gasteiger partial charge in [-0.25, -0.2) is 0 Å². The molecule has 0 aromatic rings. The predicted octanol–water partition coefficient (Wildman–Crippen LogP) is 2.40. The van der Waals surface area contributed by atoms with Crippen molar-refractivity contribution < 1.29 is 28.7 Å². The van der Waals surface area contributed by atoms with Gasteiger partial charge in [0.05, 0.1) is 27.6 Å². The van der Waals surface area contributed by atoms with Gasteiger partial charge in [0.25, 0.3) is 0 Å². The van der Waals surface area contributed by atoms with Gasteiger partial charge in [0.1, 0.15) is 12.8 Å². The van der Waals surface area contributed by atoms with E-state index in [9.17, 15) is 14.4 Å². The van der Waals surface area contributed by atoms with Gasteiger partial charge in [-0.3, -0.25) is 9.59 Å². The first-order valence-electron chi connectivity index (χ1n) is 8.40. The van der Waals surface area contributed by atoms with Gasteiger partial charge in [0.15, 0.2) is 6.10 Å².